The van der Waals surface area contributed by atoms with Crippen LogP contribution in [-0.2, 0) is 17.6 Å². The van der Waals surface area contributed by atoms with E-state index in [0.717, 1.165) is 24.0 Å². The maximum Gasteiger partial charge on any atom is 0.308 e. The highest BCUT2D eigenvalue weighted by molar-refractivity contribution is 5.72. The highest BCUT2D eigenvalue weighted by Crippen LogP contribution is 2.40. The molecule has 154 valence electrons. The van der Waals surface area contributed by atoms with Gasteiger partial charge in [-0.2, -0.15) is 0 Å². The van der Waals surface area contributed by atoms with Gasteiger partial charge < -0.3 is 14.6 Å². The van der Waals surface area contributed by atoms with Gasteiger partial charge >= 0.3 is 5.97 Å². The van der Waals surface area contributed by atoms with Gasteiger partial charge in [-0.3, -0.25) is 4.79 Å². The second kappa shape index (κ2) is 11.4. The minimum Gasteiger partial charge on any atom is -0.507 e. The van der Waals surface area contributed by atoms with Crippen LogP contribution in [-0.4, -0.2) is 18.2 Å². The predicted molar refractivity (Wildman–Crippen MR) is 115 cm³/mol. The Morgan fingerprint density at radius 2 is 1.57 bits per heavy atom. The van der Waals surface area contributed by atoms with Crippen LogP contribution in [0.15, 0.2) is 41.0 Å². The minimum atomic E-state index is -0.420. The van der Waals surface area contributed by atoms with Gasteiger partial charge in [-0.15, -0.1) is 0 Å². The smallest absolute Gasteiger partial charge is 0.308 e. The molecule has 0 aliphatic rings. The van der Waals surface area contributed by atoms with E-state index in [2.05, 4.69) is 32.9 Å². The number of ether oxygens (including phenoxy) is 2. The van der Waals surface area contributed by atoms with Crippen molar-refractivity contribution in [2.75, 3.05) is 7.11 Å². The number of rotatable bonds is 9. The van der Waals surface area contributed by atoms with E-state index in [1.165, 1.54) is 18.1 Å². The molecule has 0 fully saturated rings. The second-order valence-corrected chi connectivity index (χ2v) is 7.54. The third-order valence-corrected chi connectivity index (χ3v) is 4.35. The highest BCUT2D eigenvalue weighted by Gasteiger charge is 2.20. The molecule has 0 aliphatic heterocycles. The Balaban J connectivity index is 3.31. The molecule has 0 unspecified atom stereocenters. The van der Waals surface area contributed by atoms with Crippen LogP contribution in [0.4, 0.5) is 0 Å². The van der Waals surface area contributed by atoms with Crippen LogP contribution in [0.3, 0.4) is 0 Å². The lowest BCUT2D eigenvalue weighted by Gasteiger charge is -2.18. The molecule has 0 bridgehead atoms. The van der Waals surface area contributed by atoms with E-state index >= 15 is 0 Å². The van der Waals surface area contributed by atoms with Crippen molar-refractivity contribution in [1.82, 2.24) is 0 Å². The first kappa shape index (κ1) is 23.5. The number of allylic oxidation sites excluding steroid dienone is 6. The van der Waals surface area contributed by atoms with Gasteiger partial charge in [0, 0.05) is 24.1 Å². The summed E-state index contributed by atoms with van der Waals surface area (Å²) in [5, 5.41) is 10.6. The zero-order valence-electron chi connectivity index (χ0n) is 18.3. The van der Waals surface area contributed by atoms with E-state index in [9.17, 15) is 9.90 Å². The van der Waals surface area contributed by atoms with E-state index in [1.807, 2.05) is 19.9 Å². The number of methoxy groups -OCH3 is 1. The summed E-state index contributed by atoms with van der Waals surface area (Å²) < 4.78 is 11.0. The van der Waals surface area contributed by atoms with Crippen LogP contribution in [0, 0.1) is 0 Å². The number of phenolic OH excluding ortho intramolecular Hbond substituents is 1. The zero-order chi connectivity index (χ0) is 21.3. The maximum absolute atomic E-state index is 11.7. The van der Waals surface area contributed by atoms with Crippen molar-refractivity contribution in [1.29, 1.82) is 0 Å². The van der Waals surface area contributed by atoms with Crippen LogP contribution in [0.25, 0.3) is 0 Å². The number of hydrogen-bond acceptors (Lipinski definition) is 4. The van der Waals surface area contributed by atoms with Crippen LogP contribution in [0.5, 0.6) is 17.2 Å². The van der Waals surface area contributed by atoms with Gasteiger partial charge in [-0.1, -0.05) is 34.9 Å². The summed E-state index contributed by atoms with van der Waals surface area (Å²) in [6, 6.07) is 1.60. The standard InChI is InChI=1S/C24H34O4/c1-16(2)9-8-10-18(5)12-14-20-22(26)15-23(27-7)21(13-11-17(3)4)24(20)28-19(6)25/h9,11-12,15,26H,8,10,13-14H2,1-7H3. The Labute approximate surface area is 169 Å². The van der Waals surface area contributed by atoms with Crippen molar-refractivity contribution in [3.05, 3.63) is 52.1 Å². The summed E-state index contributed by atoms with van der Waals surface area (Å²) in [7, 11) is 1.55. The number of carbonyl (C=O) groups excluding carboxylic acids is 1. The number of aromatic hydroxyl groups is 1. The Morgan fingerprint density at radius 3 is 2.11 bits per heavy atom. The molecular weight excluding hydrogens is 352 g/mol. The van der Waals surface area contributed by atoms with E-state index in [-0.39, 0.29) is 5.75 Å². The quantitative estimate of drug-likeness (QED) is 0.318. The number of carbonyl (C=O) groups is 1. The Morgan fingerprint density at radius 1 is 0.964 bits per heavy atom. The van der Waals surface area contributed by atoms with E-state index in [4.69, 9.17) is 9.47 Å². The molecule has 0 amide bonds. The van der Waals surface area contributed by atoms with Gasteiger partial charge in [-0.25, -0.2) is 0 Å². The fourth-order valence-electron chi connectivity index (χ4n) is 2.82. The van der Waals surface area contributed by atoms with E-state index < -0.39 is 5.97 Å². The van der Waals surface area contributed by atoms with Crippen molar-refractivity contribution in [3.63, 3.8) is 0 Å². The maximum atomic E-state index is 11.7. The molecule has 1 rings (SSSR count). The molecule has 1 aromatic rings. The largest absolute Gasteiger partial charge is 0.507 e. The molecular formula is C24H34O4. The SMILES string of the molecule is COc1cc(O)c(CC=C(C)CCC=C(C)C)c(OC(C)=O)c1CC=C(C)C. The van der Waals surface area contributed by atoms with Gasteiger partial charge in [0.25, 0.3) is 0 Å². The van der Waals surface area contributed by atoms with Crippen LogP contribution < -0.4 is 9.47 Å². The monoisotopic (exact) mass is 386 g/mol. The third-order valence-electron chi connectivity index (χ3n) is 4.35. The van der Waals surface area contributed by atoms with Crippen molar-refractivity contribution >= 4 is 5.97 Å². The summed E-state index contributed by atoms with van der Waals surface area (Å²) in [5.74, 6) is 0.563. The lowest BCUT2D eigenvalue weighted by Crippen LogP contribution is -2.08. The van der Waals surface area contributed by atoms with Crippen molar-refractivity contribution in [3.8, 4) is 17.2 Å². The average Bonchev–Trinajstić information content (AvgIpc) is 2.58. The molecule has 0 heterocycles. The Hall–Kier alpha value is -2.49. The van der Waals surface area contributed by atoms with Crippen LogP contribution in [0.2, 0.25) is 0 Å². The number of benzene rings is 1. The summed E-state index contributed by atoms with van der Waals surface area (Å²) in [6.45, 7) is 11.7. The van der Waals surface area contributed by atoms with Crippen molar-refractivity contribution in [2.24, 2.45) is 0 Å². The lowest BCUT2D eigenvalue weighted by molar-refractivity contribution is -0.132. The molecule has 4 heteroatoms. The van der Waals surface area contributed by atoms with Gasteiger partial charge in [0.05, 0.1) is 7.11 Å². The molecule has 0 spiro atoms. The normalized spacial score (nSPS) is 11.0. The molecule has 28 heavy (non-hydrogen) atoms. The van der Waals surface area contributed by atoms with Crippen molar-refractivity contribution in [2.45, 2.75) is 67.2 Å². The molecule has 0 saturated carbocycles. The molecule has 1 aromatic carbocycles. The molecule has 0 atom stereocenters. The summed E-state index contributed by atoms with van der Waals surface area (Å²) in [6.07, 6.45) is 9.33. The second-order valence-electron chi connectivity index (χ2n) is 7.54. The fraction of sp³-hybridized carbons (Fsp3) is 0.458. The predicted octanol–water partition coefficient (Wildman–Crippen LogP) is 6.07. The summed E-state index contributed by atoms with van der Waals surface area (Å²) in [4.78, 5) is 11.7. The highest BCUT2D eigenvalue weighted by atomic mass is 16.5. The summed E-state index contributed by atoms with van der Waals surface area (Å²) in [5.41, 5.74) is 5.06. The lowest BCUT2D eigenvalue weighted by atomic mass is 9.98. The van der Waals surface area contributed by atoms with Crippen LogP contribution >= 0.6 is 0 Å². The Bertz CT molecular complexity index is 774. The fourth-order valence-corrected chi connectivity index (χ4v) is 2.82. The first-order chi connectivity index (χ1) is 13.1. The van der Waals surface area contributed by atoms with Gasteiger partial charge in [0.15, 0.2) is 0 Å². The minimum absolute atomic E-state index is 0.0717. The number of esters is 1. The molecule has 0 radical (unpaired) electrons. The molecule has 0 aliphatic carbocycles. The van der Waals surface area contributed by atoms with Crippen molar-refractivity contribution < 1.29 is 19.4 Å². The molecule has 1 N–H and O–H groups in total. The van der Waals surface area contributed by atoms with E-state index in [1.54, 1.807) is 13.2 Å². The van der Waals surface area contributed by atoms with E-state index in [0.29, 0.717) is 29.9 Å². The Kier molecular flexibility index (Phi) is 9.57. The van der Waals surface area contributed by atoms with Gasteiger partial charge in [0.1, 0.15) is 17.2 Å². The average molecular weight is 387 g/mol. The molecule has 0 aromatic heterocycles. The first-order valence-electron chi connectivity index (χ1n) is 9.68. The number of phenols is 1. The van der Waals surface area contributed by atoms with Crippen LogP contribution in [0.1, 0.15) is 65.5 Å². The van der Waals surface area contributed by atoms with Gasteiger partial charge in [0.2, 0.25) is 0 Å². The summed E-state index contributed by atoms with van der Waals surface area (Å²) >= 11 is 0. The first-order valence-corrected chi connectivity index (χ1v) is 9.68. The third kappa shape index (κ3) is 7.63. The zero-order valence-corrected chi connectivity index (χ0v) is 18.3. The number of hydrogen-bond donors (Lipinski definition) is 1. The topological polar surface area (TPSA) is 55.8 Å². The van der Waals surface area contributed by atoms with Gasteiger partial charge in [-0.05, 0) is 60.3 Å². The molecule has 4 nitrogen and oxygen atoms in total. The molecule has 0 saturated heterocycles.